The number of alkyl halides is 3. The molecular formula is C12H8F3N2O3S-. The number of amidine groups is 1. The third-order valence-corrected chi connectivity index (χ3v) is 3.61. The van der Waals surface area contributed by atoms with E-state index in [1.807, 2.05) is 0 Å². The Kier molecular flexibility index (Phi) is 4.21. The van der Waals surface area contributed by atoms with Gasteiger partial charge in [-0.3, -0.25) is 4.79 Å². The quantitative estimate of drug-likeness (QED) is 0.904. The highest BCUT2D eigenvalue weighted by molar-refractivity contribution is 8.15. The Hall–Kier alpha value is -2.03. The number of carbonyl (C=O) groups is 2. The lowest BCUT2D eigenvalue weighted by Crippen LogP contribution is -2.31. The molecule has 1 atom stereocenters. The van der Waals surface area contributed by atoms with Crippen LogP contribution in [0.15, 0.2) is 29.3 Å². The third-order valence-electron chi connectivity index (χ3n) is 2.53. The van der Waals surface area contributed by atoms with Gasteiger partial charge < -0.3 is 15.2 Å². The first kappa shape index (κ1) is 15.4. The maximum absolute atomic E-state index is 12.6. The van der Waals surface area contributed by atoms with Crippen LogP contribution in [0.5, 0.6) is 0 Å². The van der Waals surface area contributed by atoms with E-state index in [0.717, 1.165) is 23.9 Å². The van der Waals surface area contributed by atoms with Crippen molar-refractivity contribution in [2.24, 2.45) is 4.99 Å². The van der Waals surface area contributed by atoms with E-state index in [2.05, 4.69) is 10.3 Å². The van der Waals surface area contributed by atoms with Gasteiger partial charge in [0.2, 0.25) is 5.91 Å². The van der Waals surface area contributed by atoms with Crippen LogP contribution in [0.2, 0.25) is 0 Å². The Bertz CT molecular complexity index is 616. The molecule has 1 aliphatic heterocycles. The van der Waals surface area contributed by atoms with Crippen molar-refractivity contribution < 1.29 is 27.9 Å². The second-order valence-corrected chi connectivity index (χ2v) is 5.33. The molecule has 1 heterocycles. The van der Waals surface area contributed by atoms with E-state index >= 15 is 0 Å². The predicted molar refractivity (Wildman–Crippen MR) is 67.7 cm³/mol. The van der Waals surface area contributed by atoms with Crippen molar-refractivity contribution in [1.82, 2.24) is 5.32 Å². The molecule has 5 nitrogen and oxygen atoms in total. The lowest BCUT2D eigenvalue weighted by molar-refractivity contribution is -0.305. The normalized spacial score (nSPS) is 20.6. The fourth-order valence-corrected chi connectivity index (χ4v) is 2.59. The zero-order valence-corrected chi connectivity index (χ0v) is 11.1. The number of benzene rings is 1. The largest absolute Gasteiger partial charge is 0.550 e. The molecule has 21 heavy (non-hydrogen) atoms. The van der Waals surface area contributed by atoms with Crippen molar-refractivity contribution in [2.45, 2.75) is 17.8 Å². The lowest BCUT2D eigenvalue weighted by atomic mass is 10.2. The highest BCUT2D eigenvalue weighted by Gasteiger charge is 2.32. The van der Waals surface area contributed by atoms with Crippen LogP contribution >= 0.6 is 11.8 Å². The molecule has 2 rings (SSSR count). The van der Waals surface area contributed by atoms with Crippen LogP contribution in [0, 0.1) is 0 Å². The summed E-state index contributed by atoms with van der Waals surface area (Å²) in [5, 5.41) is 11.9. The molecule has 1 aromatic rings. The van der Waals surface area contributed by atoms with Crippen molar-refractivity contribution in [2.75, 3.05) is 0 Å². The van der Waals surface area contributed by atoms with Gasteiger partial charge in [-0.15, -0.1) is 0 Å². The smallest absolute Gasteiger partial charge is 0.416 e. The zero-order chi connectivity index (χ0) is 15.6. The number of carboxylic acids is 1. The van der Waals surface area contributed by atoms with Crippen molar-refractivity contribution in [3.05, 3.63) is 29.8 Å². The van der Waals surface area contributed by atoms with Crippen molar-refractivity contribution >= 4 is 34.5 Å². The fourth-order valence-electron chi connectivity index (χ4n) is 1.61. The first-order valence-electron chi connectivity index (χ1n) is 5.69. The van der Waals surface area contributed by atoms with Crippen molar-refractivity contribution in [1.29, 1.82) is 0 Å². The Morgan fingerprint density at radius 1 is 1.43 bits per heavy atom. The van der Waals surface area contributed by atoms with E-state index in [0.29, 0.717) is 0 Å². The predicted octanol–water partition coefficient (Wildman–Crippen LogP) is 1.06. The maximum atomic E-state index is 12.6. The molecule has 1 aromatic carbocycles. The van der Waals surface area contributed by atoms with Gasteiger partial charge in [0.15, 0.2) is 5.17 Å². The van der Waals surface area contributed by atoms with Gasteiger partial charge in [-0.25, -0.2) is 4.99 Å². The number of aliphatic carboxylic acids is 1. The summed E-state index contributed by atoms with van der Waals surface area (Å²) in [4.78, 5) is 25.8. The number of nitrogens with zero attached hydrogens (tertiary/aromatic N) is 1. The van der Waals surface area contributed by atoms with E-state index < -0.39 is 35.3 Å². The van der Waals surface area contributed by atoms with Gasteiger partial charge >= 0.3 is 6.18 Å². The number of thioether (sulfide) groups is 1. The molecule has 9 heteroatoms. The van der Waals surface area contributed by atoms with Crippen molar-refractivity contribution in [3.8, 4) is 0 Å². The van der Waals surface area contributed by atoms with Gasteiger partial charge in [-0.1, -0.05) is 17.8 Å². The van der Waals surface area contributed by atoms with Gasteiger partial charge in [0.1, 0.15) is 0 Å². The summed E-state index contributed by atoms with van der Waals surface area (Å²) in [6, 6.07) is 4.29. The van der Waals surface area contributed by atoms with Crippen LogP contribution in [0.25, 0.3) is 0 Å². The highest BCUT2D eigenvalue weighted by atomic mass is 32.2. The standard InChI is InChI=1S/C12H9F3N2O3S/c13-12(14,15)6-2-1-3-7(4-6)16-11-17-10(20)8(21-11)5-9(18)19/h1-4,8H,5H2,(H,18,19)(H,16,17,20)/p-1/t8-/m1/s1. The van der Waals surface area contributed by atoms with Crippen LogP contribution in [0.1, 0.15) is 12.0 Å². The van der Waals surface area contributed by atoms with E-state index in [9.17, 15) is 27.9 Å². The second-order valence-electron chi connectivity index (χ2n) is 4.14. The number of hydrogen-bond acceptors (Lipinski definition) is 5. The minimum Gasteiger partial charge on any atom is -0.550 e. The molecule has 1 fully saturated rings. The molecular weight excluding hydrogens is 309 g/mol. The molecule has 1 amide bonds. The molecule has 1 aliphatic rings. The number of halogens is 3. The number of hydrogen-bond donors (Lipinski definition) is 1. The average molecular weight is 317 g/mol. The zero-order valence-electron chi connectivity index (χ0n) is 10.3. The van der Waals surface area contributed by atoms with Crippen LogP contribution < -0.4 is 10.4 Å². The van der Waals surface area contributed by atoms with Crippen LogP contribution in [-0.4, -0.2) is 22.3 Å². The summed E-state index contributed by atoms with van der Waals surface area (Å²) in [5.74, 6) is -1.95. The third kappa shape index (κ3) is 3.97. The summed E-state index contributed by atoms with van der Waals surface area (Å²) in [6.07, 6.45) is -4.97. The Morgan fingerprint density at radius 3 is 2.76 bits per heavy atom. The van der Waals surface area contributed by atoms with E-state index in [1.165, 1.54) is 12.1 Å². The number of rotatable bonds is 3. The number of carboxylic acid groups (broad SMARTS) is 1. The lowest BCUT2D eigenvalue weighted by Gasteiger charge is -2.06. The molecule has 0 bridgehead atoms. The van der Waals surface area contributed by atoms with E-state index in [4.69, 9.17) is 0 Å². The number of amides is 1. The molecule has 0 saturated carbocycles. The van der Waals surface area contributed by atoms with E-state index in [-0.39, 0.29) is 10.9 Å². The average Bonchev–Trinajstić information content (AvgIpc) is 2.68. The molecule has 0 aliphatic carbocycles. The van der Waals surface area contributed by atoms with Gasteiger partial charge in [0.25, 0.3) is 0 Å². The molecule has 0 unspecified atom stereocenters. The van der Waals surface area contributed by atoms with Gasteiger partial charge in [0, 0.05) is 12.4 Å². The fraction of sp³-hybridized carbons (Fsp3) is 0.250. The SMILES string of the molecule is O=C([O-])C[C@H]1SC(=Nc2cccc(C(F)(F)F)c2)NC1=O. The Labute approximate surface area is 121 Å². The molecule has 1 saturated heterocycles. The summed E-state index contributed by atoms with van der Waals surface area (Å²) in [7, 11) is 0. The summed E-state index contributed by atoms with van der Waals surface area (Å²) < 4.78 is 37.7. The molecule has 0 aromatic heterocycles. The van der Waals surface area contributed by atoms with Crippen LogP contribution in [0.3, 0.4) is 0 Å². The van der Waals surface area contributed by atoms with Gasteiger partial charge in [-0.05, 0) is 18.2 Å². The van der Waals surface area contributed by atoms with Crippen molar-refractivity contribution in [3.63, 3.8) is 0 Å². The summed E-state index contributed by atoms with van der Waals surface area (Å²) >= 11 is 0.843. The number of aliphatic imine (C=N–C) groups is 1. The first-order valence-corrected chi connectivity index (χ1v) is 6.57. The molecule has 0 radical (unpaired) electrons. The highest BCUT2D eigenvalue weighted by Crippen LogP contribution is 2.32. The van der Waals surface area contributed by atoms with Gasteiger partial charge in [-0.2, -0.15) is 13.2 Å². The molecule has 0 spiro atoms. The summed E-state index contributed by atoms with van der Waals surface area (Å²) in [6.45, 7) is 0. The molecule has 112 valence electrons. The second kappa shape index (κ2) is 5.76. The minimum atomic E-state index is -4.49. The minimum absolute atomic E-state index is 0.0155. The van der Waals surface area contributed by atoms with Gasteiger partial charge in [0.05, 0.1) is 16.5 Å². The first-order chi connectivity index (χ1) is 9.75. The monoisotopic (exact) mass is 317 g/mol. The number of nitrogens with one attached hydrogen (secondary N) is 1. The number of carbonyl (C=O) groups excluding carboxylic acids is 2. The van der Waals surface area contributed by atoms with Crippen LogP contribution in [0.4, 0.5) is 18.9 Å². The Balaban J connectivity index is 2.18. The van der Waals surface area contributed by atoms with Crippen LogP contribution in [-0.2, 0) is 15.8 Å². The summed E-state index contributed by atoms with van der Waals surface area (Å²) in [5.41, 5.74) is -0.841. The topological polar surface area (TPSA) is 81.6 Å². The van der Waals surface area contributed by atoms with E-state index in [1.54, 1.807) is 0 Å². The maximum Gasteiger partial charge on any atom is 0.416 e. The molecule has 1 N–H and O–H groups in total. The Morgan fingerprint density at radius 2 is 2.14 bits per heavy atom.